The van der Waals surface area contributed by atoms with Crippen LogP contribution in [0.3, 0.4) is 0 Å². The highest BCUT2D eigenvalue weighted by Gasteiger charge is 2.39. The smallest absolute Gasteiger partial charge is 0.324 e. The molecule has 1 fully saturated rings. The SMILES string of the molecule is COC(=O)[C@@H]1CCCN1S(=O)(=O)c1ccc(C)cc1. The number of sulfonamides is 1. The largest absolute Gasteiger partial charge is 0.468 e. The molecule has 5 nitrogen and oxygen atoms in total. The highest BCUT2D eigenvalue weighted by molar-refractivity contribution is 7.89. The van der Waals surface area contributed by atoms with E-state index in [0.717, 1.165) is 5.56 Å². The van der Waals surface area contributed by atoms with Gasteiger partial charge in [0.05, 0.1) is 12.0 Å². The van der Waals surface area contributed by atoms with Gasteiger partial charge in [-0.05, 0) is 31.9 Å². The molecule has 1 aliphatic heterocycles. The number of aryl methyl sites for hydroxylation is 1. The Hall–Kier alpha value is -1.40. The van der Waals surface area contributed by atoms with Crippen molar-refractivity contribution in [2.45, 2.75) is 30.7 Å². The van der Waals surface area contributed by atoms with E-state index in [1.54, 1.807) is 24.3 Å². The van der Waals surface area contributed by atoms with Crippen LogP contribution in [-0.4, -0.2) is 38.4 Å². The number of hydrogen-bond acceptors (Lipinski definition) is 4. The van der Waals surface area contributed by atoms with Crippen LogP contribution in [0.1, 0.15) is 18.4 Å². The number of carbonyl (C=O) groups excluding carboxylic acids is 1. The van der Waals surface area contributed by atoms with Crippen molar-refractivity contribution in [3.63, 3.8) is 0 Å². The molecule has 1 aromatic rings. The lowest BCUT2D eigenvalue weighted by atomic mass is 10.2. The summed E-state index contributed by atoms with van der Waals surface area (Å²) in [6, 6.07) is 5.93. The Morgan fingerprint density at radius 1 is 1.32 bits per heavy atom. The Morgan fingerprint density at radius 3 is 2.53 bits per heavy atom. The van der Waals surface area contributed by atoms with Crippen LogP contribution in [0, 0.1) is 6.92 Å². The van der Waals surface area contributed by atoms with Gasteiger partial charge in [0.25, 0.3) is 0 Å². The molecule has 104 valence electrons. The molecule has 2 rings (SSSR count). The number of ether oxygens (including phenoxy) is 1. The van der Waals surface area contributed by atoms with E-state index in [1.807, 2.05) is 6.92 Å². The van der Waals surface area contributed by atoms with E-state index < -0.39 is 22.0 Å². The molecule has 0 aliphatic carbocycles. The van der Waals surface area contributed by atoms with Crippen molar-refractivity contribution in [1.29, 1.82) is 0 Å². The van der Waals surface area contributed by atoms with E-state index in [0.29, 0.717) is 19.4 Å². The zero-order valence-corrected chi connectivity index (χ0v) is 11.8. The van der Waals surface area contributed by atoms with Gasteiger partial charge in [0.2, 0.25) is 10.0 Å². The minimum Gasteiger partial charge on any atom is -0.468 e. The minimum absolute atomic E-state index is 0.217. The third-order valence-electron chi connectivity index (χ3n) is 3.30. The van der Waals surface area contributed by atoms with Gasteiger partial charge in [-0.25, -0.2) is 8.42 Å². The summed E-state index contributed by atoms with van der Waals surface area (Å²) in [5.74, 6) is -0.492. The molecule has 0 spiro atoms. The van der Waals surface area contributed by atoms with E-state index in [4.69, 9.17) is 0 Å². The summed E-state index contributed by atoms with van der Waals surface area (Å²) < 4.78 is 30.9. The number of hydrogen-bond donors (Lipinski definition) is 0. The van der Waals surface area contributed by atoms with Crippen molar-refractivity contribution in [2.24, 2.45) is 0 Å². The number of methoxy groups -OCH3 is 1. The number of nitrogens with zero attached hydrogens (tertiary/aromatic N) is 1. The van der Waals surface area contributed by atoms with Crippen molar-refractivity contribution in [2.75, 3.05) is 13.7 Å². The van der Waals surface area contributed by atoms with Crippen molar-refractivity contribution >= 4 is 16.0 Å². The molecule has 0 amide bonds. The van der Waals surface area contributed by atoms with Crippen molar-refractivity contribution < 1.29 is 17.9 Å². The average Bonchev–Trinajstić information content (AvgIpc) is 2.88. The Balaban J connectivity index is 2.33. The van der Waals surface area contributed by atoms with Gasteiger partial charge in [0.1, 0.15) is 6.04 Å². The quantitative estimate of drug-likeness (QED) is 0.785. The monoisotopic (exact) mass is 283 g/mol. The molecule has 0 unspecified atom stereocenters. The topological polar surface area (TPSA) is 63.7 Å². The second-order valence-corrected chi connectivity index (χ2v) is 6.50. The summed E-state index contributed by atoms with van der Waals surface area (Å²) in [6.07, 6.45) is 1.18. The Labute approximate surface area is 113 Å². The summed E-state index contributed by atoms with van der Waals surface area (Å²) in [6.45, 7) is 2.25. The molecule has 1 aliphatic rings. The summed E-state index contributed by atoms with van der Waals surface area (Å²) in [5, 5.41) is 0. The number of esters is 1. The van der Waals surface area contributed by atoms with Crippen LogP contribution in [-0.2, 0) is 19.6 Å². The van der Waals surface area contributed by atoms with Gasteiger partial charge in [0, 0.05) is 6.54 Å². The van der Waals surface area contributed by atoms with Gasteiger partial charge in [-0.15, -0.1) is 0 Å². The molecule has 1 saturated heterocycles. The fourth-order valence-electron chi connectivity index (χ4n) is 2.25. The lowest BCUT2D eigenvalue weighted by Crippen LogP contribution is -2.40. The summed E-state index contributed by atoms with van der Waals surface area (Å²) in [4.78, 5) is 11.8. The molecule has 1 atom stereocenters. The molecule has 6 heteroatoms. The van der Waals surface area contributed by atoms with E-state index in [9.17, 15) is 13.2 Å². The Bertz CT molecular complexity index is 565. The van der Waals surface area contributed by atoms with E-state index >= 15 is 0 Å². The minimum atomic E-state index is -3.63. The maximum atomic E-state index is 12.5. The summed E-state index contributed by atoms with van der Waals surface area (Å²) >= 11 is 0. The van der Waals surface area contributed by atoms with Gasteiger partial charge in [-0.2, -0.15) is 4.31 Å². The molecule has 0 N–H and O–H groups in total. The lowest BCUT2D eigenvalue weighted by Gasteiger charge is -2.22. The predicted octanol–water partition coefficient (Wildman–Crippen LogP) is 1.32. The molecule has 1 aromatic carbocycles. The number of carbonyl (C=O) groups is 1. The van der Waals surface area contributed by atoms with E-state index in [1.165, 1.54) is 11.4 Å². The van der Waals surface area contributed by atoms with E-state index in [2.05, 4.69) is 4.74 Å². The fourth-order valence-corrected chi connectivity index (χ4v) is 3.89. The van der Waals surface area contributed by atoms with Gasteiger partial charge < -0.3 is 4.74 Å². The van der Waals surface area contributed by atoms with Crippen molar-refractivity contribution in [3.05, 3.63) is 29.8 Å². The predicted molar refractivity (Wildman–Crippen MR) is 70.1 cm³/mol. The third kappa shape index (κ3) is 2.64. The molecule has 19 heavy (non-hydrogen) atoms. The van der Waals surface area contributed by atoms with Crippen LogP contribution in [0.2, 0.25) is 0 Å². The first-order chi connectivity index (χ1) is 8.96. The van der Waals surface area contributed by atoms with Crippen molar-refractivity contribution in [3.8, 4) is 0 Å². The maximum absolute atomic E-state index is 12.5. The Kier molecular flexibility index (Phi) is 3.91. The van der Waals surface area contributed by atoms with Crippen LogP contribution in [0.4, 0.5) is 0 Å². The van der Waals surface area contributed by atoms with Gasteiger partial charge in [0.15, 0.2) is 0 Å². The second-order valence-electron chi connectivity index (χ2n) is 4.61. The van der Waals surface area contributed by atoms with Crippen LogP contribution in [0.15, 0.2) is 29.2 Å². The number of rotatable bonds is 3. The average molecular weight is 283 g/mol. The number of benzene rings is 1. The third-order valence-corrected chi connectivity index (χ3v) is 5.23. The van der Waals surface area contributed by atoms with E-state index in [-0.39, 0.29) is 4.90 Å². The first kappa shape index (κ1) is 14.0. The zero-order valence-electron chi connectivity index (χ0n) is 11.0. The zero-order chi connectivity index (χ0) is 14.0. The van der Waals surface area contributed by atoms with Crippen LogP contribution >= 0.6 is 0 Å². The summed E-state index contributed by atoms with van der Waals surface area (Å²) in [5.41, 5.74) is 0.991. The normalized spacial score (nSPS) is 20.4. The highest BCUT2D eigenvalue weighted by Crippen LogP contribution is 2.26. The Morgan fingerprint density at radius 2 is 1.95 bits per heavy atom. The second kappa shape index (κ2) is 5.30. The molecule has 0 aromatic heterocycles. The van der Waals surface area contributed by atoms with Crippen LogP contribution in [0.5, 0.6) is 0 Å². The van der Waals surface area contributed by atoms with Gasteiger partial charge >= 0.3 is 5.97 Å². The molecule has 0 bridgehead atoms. The summed E-state index contributed by atoms with van der Waals surface area (Å²) in [7, 11) is -2.35. The molecule has 1 heterocycles. The lowest BCUT2D eigenvalue weighted by molar-refractivity contribution is -0.144. The standard InChI is InChI=1S/C13H17NO4S/c1-10-5-7-11(8-6-10)19(16,17)14-9-3-4-12(14)13(15)18-2/h5-8,12H,3-4,9H2,1-2H3/t12-/m0/s1. The maximum Gasteiger partial charge on any atom is 0.324 e. The molecular weight excluding hydrogens is 266 g/mol. The molecular formula is C13H17NO4S. The van der Waals surface area contributed by atoms with Crippen molar-refractivity contribution in [1.82, 2.24) is 4.31 Å². The van der Waals surface area contributed by atoms with Gasteiger partial charge in [-0.1, -0.05) is 17.7 Å². The first-order valence-corrected chi connectivity index (χ1v) is 7.57. The van der Waals surface area contributed by atoms with Gasteiger partial charge in [-0.3, -0.25) is 4.79 Å². The first-order valence-electron chi connectivity index (χ1n) is 6.13. The highest BCUT2D eigenvalue weighted by atomic mass is 32.2. The molecule has 0 radical (unpaired) electrons. The fraction of sp³-hybridized carbons (Fsp3) is 0.462. The van der Waals surface area contributed by atoms with Crippen LogP contribution < -0.4 is 0 Å². The van der Waals surface area contributed by atoms with Crippen LogP contribution in [0.25, 0.3) is 0 Å². The molecule has 0 saturated carbocycles.